The van der Waals surface area contributed by atoms with Crippen LogP contribution in [0, 0.1) is 0 Å². The van der Waals surface area contributed by atoms with Crippen LogP contribution in [0.25, 0.3) is 0 Å². The van der Waals surface area contributed by atoms with Crippen LogP contribution in [0.5, 0.6) is 5.75 Å². The van der Waals surface area contributed by atoms with E-state index in [1.807, 2.05) is 13.1 Å². The predicted octanol–water partition coefficient (Wildman–Crippen LogP) is 4.75. The molecule has 1 N–H and O–H groups in total. The van der Waals surface area contributed by atoms with Crippen LogP contribution in [0.1, 0.15) is 49.2 Å². The molecule has 114 valence electrons. The SMILES string of the molecule is CCC(C)(C)c1ccc(C(NC)c2sccc2OC)cc1. The topological polar surface area (TPSA) is 21.3 Å². The lowest BCUT2D eigenvalue weighted by molar-refractivity contribution is 0.408. The highest BCUT2D eigenvalue weighted by atomic mass is 32.1. The highest BCUT2D eigenvalue weighted by Gasteiger charge is 2.21. The van der Waals surface area contributed by atoms with Gasteiger partial charge in [-0.05, 0) is 41.5 Å². The van der Waals surface area contributed by atoms with Crippen LogP contribution < -0.4 is 10.1 Å². The number of benzene rings is 1. The van der Waals surface area contributed by atoms with Crippen LogP contribution in [0.15, 0.2) is 35.7 Å². The smallest absolute Gasteiger partial charge is 0.134 e. The van der Waals surface area contributed by atoms with E-state index in [1.165, 1.54) is 16.0 Å². The summed E-state index contributed by atoms with van der Waals surface area (Å²) < 4.78 is 5.46. The maximum absolute atomic E-state index is 5.46. The highest BCUT2D eigenvalue weighted by Crippen LogP contribution is 2.35. The number of methoxy groups -OCH3 is 1. The molecule has 1 unspecified atom stereocenters. The Kier molecular flexibility index (Phi) is 5.07. The molecule has 0 fully saturated rings. The Balaban J connectivity index is 2.32. The summed E-state index contributed by atoms with van der Waals surface area (Å²) in [6, 6.07) is 11.2. The lowest BCUT2D eigenvalue weighted by Crippen LogP contribution is -2.18. The second-order valence-electron chi connectivity index (χ2n) is 5.93. The first-order chi connectivity index (χ1) is 10.0. The fraction of sp³-hybridized carbons (Fsp3) is 0.444. The van der Waals surface area contributed by atoms with E-state index in [2.05, 4.69) is 55.7 Å². The van der Waals surface area contributed by atoms with E-state index in [-0.39, 0.29) is 11.5 Å². The average molecular weight is 303 g/mol. The van der Waals surface area contributed by atoms with E-state index in [0.29, 0.717) is 0 Å². The summed E-state index contributed by atoms with van der Waals surface area (Å²) in [5, 5.41) is 5.47. The van der Waals surface area contributed by atoms with Crippen LogP contribution in [0.2, 0.25) is 0 Å². The molecule has 3 heteroatoms. The predicted molar refractivity (Wildman–Crippen MR) is 91.5 cm³/mol. The summed E-state index contributed by atoms with van der Waals surface area (Å²) in [5.74, 6) is 0.956. The van der Waals surface area contributed by atoms with Crippen molar-refractivity contribution in [3.63, 3.8) is 0 Å². The minimum atomic E-state index is 0.179. The summed E-state index contributed by atoms with van der Waals surface area (Å²) in [6.45, 7) is 6.82. The third-order valence-corrected chi connectivity index (χ3v) is 5.30. The number of thiophene rings is 1. The number of nitrogens with one attached hydrogen (secondary N) is 1. The van der Waals surface area contributed by atoms with E-state index in [4.69, 9.17) is 4.74 Å². The normalized spacial score (nSPS) is 13.2. The van der Waals surface area contributed by atoms with Crippen LogP contribution in [0.3, 0.4) is 0 Å². The van der Waals surface area contributed by atoms with Crippen molar-refractivity contribution in [3.05, 3.63) is 51.7 Å². The third kappa shape index (κ3) is 3.30. The number of hydrogen-bond donors (Lipinski definition) is 1. The summed E-state index contributed by atoms with van der Waals surface area (Å²) >= 11 is 1.73. The Hall–Kier alpha value is -1.32. The van der Waals surface area contributed by atoms with Gasteiger partial charge in [0.25, 0.3) is 0 Å². The second-order valence-corrected chi connectivity index (χ2v) is 6.88. The molecule has 21 heavy (non-hydrogen) atoms. The molecule has 0 saturated carbocycles. The fourth-order valence-corrected chi connectivity index (χ4v) is 3.46. The Labute approximate surface area is 132 Å². The summed E-state index contributed by atoms with van der Waals surface area (Å²) in [7, 11) is 3.72. The van der Waals surface area contributed by atoms with Gasteiger partial charge in [0.1, 0.15) is 5.75 Å². The first kappa shape index (κ1) is 16.1. The zero-order valence-corrected chi connectivity index (χ0v) is 14.4. The molecule has 0 saturated heterocycles. The summed E-state index contributed by atoms with van der Waals surface area (Å²) in [4.78, 5) is 1.22. The Bertz CT molecular complexity index is 571. The van der Waals surface area contributed by atoms with Gasteiger partial charge < -0.3 is 10.1 Å². The minimum absolute atomic E-state index is 0.179. The third-order valence-electron chi connectivity index (χ3n) is 4.34. The van der Waals surface area contributed by atoms with Crippen LogP contribution >= 0.6 is 11.3 Å². The second kappa shape index (κ2) is 6.63. The zero-order chi connectivity index (χ0) is 15.5. The minimum Gasteiger partial charge on any atom is -0.496 e. The van der Waals surface area contributed by atoms with Crippen molar-refractivity contribution in [1.29, 1.82) is 0 Å². The highest BCUT2D eigenvalue weighted by molar-refractivity contribution is 7.10. The van der Waals surface area contributed by atoms with Crippen molar-refractivity contribution in [2.24, 2.45) is 0 Å². The molecule has 1 aromatic carbocycles. The monoisotopic (exact) mass is 303 g/mol. The van der Waals surface area contributed by atoms with E-state index in [1.54, 1.807) is 18.4 Å². The quantitative estimate of drug-likeness (QED) is 0.831. The molecule has 1 atom stereocenters. The lowest BCUT2D eigenvalue weighted by atomic mass is 9.82. The molecule has 1 heterocycles. The summed E-state index contributed by atoms with van der Waals surface area (Å²) in [5.41, 5.74) is 2.89. The molecule has 0 aliphatic rings. The van der Waals surface area contributed by atoms with E-state index in [0.717, 1.165) is 12.2 Å². The van der Waals surface area contributed by atoms with Gasteiger partial charge in [-0.3, -0.25) is 0 Å². The number of ether oxygens (including phenoxy) is 1. The molecule has 2 aromatic rings. The molecule has 0 aliphatic carbocycles. The van der Waals surface area contributed by atoms with Gasteiger partial charge in [0.05, 0.1) is 18.0 Å². The summed E-state index contributed by atoms with van der Waals surface area (Å²) in [6.07, 6.45) is 1.14. The van der Waals surface area contributed by atoms with E-state index < -0.39 is 0 Å². The maximum Gasteiger partial charge on any atom is 0.134 e. The Morgan fingerprint density at radius 1 is 1.19 bits per heavy atom. The fourth-order valence-electron chi connectivity index (χ4n) is 2.47. The Morgan fingerprint density at radius 3 is 2.38 bits per heavy atom. The molecule has 0 spiro atoms. The van der Waals surface area contributed by atoms with Crippen LogP contribution in [0.4, 0.5) is 0 Å². The molecule has 0 amide bonds. The van der Waals surface area contributed by atoms with Gasteiger partial charge in [0.15, 0.2) is 0 Å². The van der Waals surface area contributed by atoms with E-state index >= 15 is 0 Å². The van der Waals surface area contributed by atoms with Gasteiger partial charge in [0.2, 0.25) is 0 Å². The zero-order valence-electron chi connectivity index (χ0n) is 13.6. The van der Waals surface area contributed by atoms with Crippen LogP contribution in [-0.2, 0) is 5.41 Å². The first-order valence-corrected chi connectivity index (χ1v) is 8.30. The van der Waals surface area contributed by atoms with Gasteiger partial charge >= 0.3 is 0 Å². The van der Waals surface area contributed by atoms with Crippen molar-refractivity contribution in [1.82, 2.24) is 5.32 Å². The maximum atomic E-state index is 5.46. The van der Waals surface area contributed by atoms with Gasteiger partial charge in [-0.15, -0.1) is 11.3 Å². The van der Waals surface area contributed by atoms with E-state index in [9.17, 15) is 0 Å². The van der Waals surface area contributed by atoms with Crippen molar-refractivity contribution < 1.29 is 4.74 Å². The van der Waals surface area contributed by atoms with Crippen molar-refractivity contribution in [3.8, 4) is 5.75 Å². The molecule has 0 aliphatic heterocycles. The molecular formula is C18H25NOS. The largest absolute Gasteiger partial charge is 0.496 e. The molecular weight excluding hydrogens is 278 g/mol. The standard InChI is InChI=1S/C18H25NOS/c1-6-18(2,3)14-9-7-13(8-10-14)16(19-4)17-15(20-5)11-12-21-17/h7-12,16,19H,6H2,1-5H3. The van der Waals surface area contributed by atoms with Gasteiger partial charge in [-0.2, -0.15) is 0 Å². The first-order valence-electron chi connectivity index (χ1n) is 7.42. The van der Waals surface area contributed by atoms with Crippen LogP contribution in [-0.4, -0.2) is 14.2 Å². The van der Waals surface area contributed by atoms with Gasteiger partial charge in [-0.25, -0.2) is 0 Å². The molecule has 1 aromatic heterocycles. The molecule has 0 bridgehead atoms. The Morgan fingerprint density at radius 2 is 1.86 bits per heavy atom. The number of rotatable bonds is 6. The number of hydrogen-bond acceptors (Lipinski definition) is 3. The molecule has 2 nitrogen and oxygen atoms in total. The molecule has 2 rings (SSSR count). The van der Waals surface area contributed by atoms with Gasteiger partial charge in [0, 0.05) is 0 Å². The molecule has 0 radical (unpaired) electrons. The van der Waals surface area contributed by atoms with Crippen molar-refractivity contribution in [2.45, 2.75) is 38.6 Å². The average Bonchev–Trinajstić information content (AvgIpc) is 2.97. The van der Waals surface area contributed by atoms with Gasteiger partial charge in [-0.1, -0.05) is 45.0 Å². The van der Waals surface area contributed by atoms with Crippen molar-refractivity contribution in [2.75, 3.05) is 14.2 Å². The lowest BCUT2D eigenvalue weighted by Gasteiger charge is -2.24. The van der Waals surface area contributed by atoms with Crippen molar-refractivity contribution >= 4 is 11.3 Å².